The van der Waals surface area contributed by atoms with E-state index in [1.165, 1.54) is 49.9 Å². The van der Waals surface area contributed by atoms with Crippen LogP contribution < -0.4 is 15.0 Å². The van der Waals surface area contributed by atoms with Crippen LogP contribution in [-0.4, -0.2) is 35.7 Å². The number of ether oxygens (including phenoxy) is 1. The van der Waals surface area contributed by atoms with Crippen LogP contribution in [0.1, 0.15) is 62.3 Å². The van der Waals surface area contributed by atoms with E-state index in [4.69, 9.17) is 4.74 Å². The van der Waals surface area contributed by atoms with Crippen LogP contribution in [0.25, 0.3) is 0 Å². The SMILES string of the molecule is CC(C)(Oc1ccc(CC(=O)NC(CCc2ccccc2)c2ccccc2N2CCCCC2)cc1)C(=O)O. The Morgan fingerprint density at radius 1 is 0.895 bits per heavy atom. The molecule has 1 unspecified atom stereocenters. The fraction of sp³-hybridized carbons (Fsp3) is 0.375. The molecule has 0 bridgehead atoms. The number of hydrogen-bond donors (Lipinski definition) is 2. The first-order valence-corrected chi connectivity index (χ1v) is 13.5. The maximum atomic E-state index is 13.3. The molecule has 0 saturated carbocycles. The molecule has 6 heteroatoms. The summed E-state index contributed by atoms with van der Waals surface area (Å²) in [5.41, 5.74) is 3.15. The molecule has 1 aliphatic rings. The van der Waals surface area contributed by atoms with E-state index in [1.54, 1.807) is 12.1 Å². The molecule has 4 rings (SSSR count). The lowest BCUT2D eigenvalue weighted by molar-refractivity contribution is -0.152. The van der Waals surface area contributed by atoms with E-state index in [0.29, 0.717) is 5.75 Å². The third-order valence-corrected chi connectivity index (χ3v) is 7.08. The number of hydrogen-bond acceptors (Lipinski definition) is 4. The number of carbonyl (C=O) groups excluding carboxylic acids is 1. The number of rotatable bonds is 11. The van der Waals surface area contributed by atoms with Crippen LogP contribution in [0.15, 0.2) is 78.9 Å². The highest BCUT2D eigenvalue weighted by Crippen LogP contribution is 2.31. The summed E-state index contributed by atoms with van der Waals surface area (Å²) < 4.78 is 5.59. The molecule has 1 fully saturated rings. The van der Waals surface area contributed by atoms with Gasteiger partial charge in [-0.1, -0.05) is 60.7 Å². The maximum Gasteiger partial charge on any atom is 0.347 e. The second-order valence-corrected chi connectivity index (χ2v) is 10.5. The molecule has 1 saturated heterocycles. The lowest BCUT2D eigenvalue weighted by atomic mass is 9.95. The van der Waals surface area contributed by atoms with Crippen LogP contribution in [-0.2, 0) is 22.4 Å². The van der Waals surface area contributed by atoms with Gasteiger partial charge in [-0.05, 0) is 80.8 Å². The van der Waals surface area contributed by atoms with E-state index in [2.05, 4.69) is 58.7 Å². The van der Waals surface area contributed by atoms with Crippen LogP contribution in [0.5, 0.6) is 5.75 Å². The highest BCUT2D eigenvalue weighted by Gasteiger charge is 2.29. The van der Waals surface area contributed by atoms with Crippen molar-refractivity contribution in [2.24, 2.45) is 0 Å². The normalized spacial score (nSPS) is 14.5. The number of aryl methyl sites for hydroxylation is 1. The fourth-order valence-electron chi connectivity index (χ4n) is 4.91. The number of aliphatic carboxylic acids is 1. The Bertz CT molecular complexity index is 1200. The molecule has 6 nitrogen and oxygen atoms in total. The Morgan fingerprint density at radius 2 is 1.55 bits per heavy atom. The van der Waals surface area contributed by atoms with Crippen LogP contribution in [0.2, 0.25) is 0 Å². The number of para-hydroxylation sites is 1. The predicted molar refractivity (Wildman–Crippen MR) is 151 cm³/mol. The van der Waals surface area contributed by atoms with Crippen molar-refractivity contribution in [2.45, 2.75) is 64.0 Å². The standard InChI is InChI=1S/C32H38N2O4/c1-32(2,31(36)37)38-26-18-15-25(16-19-26)23-30(35)33-28(20-17-24-11-5-3-6-12-24)27-13-7-8-14-29(27)34-21-9-4-10-22-34/h3,5-8,11-16,18-19,28H,4,9-10,17,20-23H2,1-2H3,(H,33,35)(H,36,37). The number of nitrogens with zero attached hydrogens (tertiary/aromatic N) is 1. The average molecular weight is 515 g/mol. The van der Waals surface area contributed by atoms with E-state index < -0.39 is 11.6 Å². The highest BCUT2D eigenvalue weighted by atomic mass is 16.5. The summed E-state index contributed by atoms with van der Waals surface area (Å²) in [5, 5.41) is 12.6. The van der Waals surface area contributed by atoms with Crippen LogP contribution in [0.4, 0.5) is 5.69 Å². The van der Waals surface area contributed by atoms with Crippen LogP contribution in [0, 0.1) is 0 Å². The molecule has 0 aromatic heterocycles. The summed E-state index contributed by atoms with van der Waals surface area (Å²) in [7, 11) is 0. The van der Waals surface area contributed by atoms with E-state index in [-0.39, 0.29) is 18.4 Å². The minimum Gasteiger partial charge on any atom is -0.478 e. The summed E-state index contributed by atoms with van der Waals surface area (Å²) in [6, 6.07) is 25.8. The van der Waals surface area contributed by atoms with Gasteiger partial charge >= 0.3 is 5.97 Å². The first-order valence-electron chi connectivity index (χ1n) is 13.5. The summed E-state index contributed by atoms with van der Waals surface area (Å²) in [5.74, 6) is -0.624. The third-order valence-electron chi connectivity index (χ3n) is 7.08. The van der Waals surface area contributed by atoms with E-state index >= 15 is 0 Å². The minimum atomic E-state index is -1.33. The molecule has 0 spiro atoms. The third kappa shape index (κ3) is 7.37. The number of carboxylic acid groups (broad SMARTS) is 1. The Labute approximate surface area is 225 Å². The zero-order valence-corrected chi connectivity index (χ0v) is 22.4. The largest absolute Gasteiger partial charge is 0.478 e. The Balaban J connectivity index is 1.48. The topological polar surface area (TPSA) is 78.9 Å². The number of carbonyl (C=O) groups is 2. The van der Waals surface area contributed by atoms with Crippen molar-refractivity contribution in [1.82, 2.24) is 5.32 Å². The van der Waals surface area contributed by atoms with Gasteiger partial charge in [-0.15, -0.1) is 0 Å². The molecule has 2 N–H and O–H groups in total. The molecule has 1 heterocycles. The lowest BCUT2D eigenvalue weighted by Gasteiger charge is -2.33. The quantitative estimate of drug-likeness (QED) is 0.331. The van der Waals surface area contributed by atoms with Gasteiger partial charge in [-0.2, -0.15) is 0 Å². The number of carboxylic acids is 1. The first kappa shape index (κ1) is 27.2. The van der Waals surface area contributed by atoms with E-state index in [1.807, 2.05) is 18.2 Å². The molecule has 3 aromatic rings. The van der Waals surface area contributed by atoms with Crippen molar-refractivity contribution in [1.29, 1.82) is 0 Å². The van der Waals surface area contributed by atoms with Crippen LogP contribution in [0.3, 0.4) is 0 Å². The molecule has 0 aliphatic carbocycles. The van der Waals surface area contributed by atoms with Crippen molar-refractivity contribution < 1.29 is 19.4 Å². The number of anilines is 1. The first-order chi connectivity index (χ1) is 18.3. The summed E-state index contributed by atoms with van der Waals surface area (Å²) in [6.45, 7) is 5.11. The monoisotopic (exact) mass is 514 g/mol. The molecule has 1 amide bonds. The summed E-state index contributed by atoms with van der Waals surface area (Å²) >= 11 is 0. The smallest absolute Gasteiger partial charge is 0.347 e. The van der Waals surface area contributed by atoms with Crippen molar-refractivity contribution in [3.05, 3.63) is 95.6 Å². The van der Waals surface area contributed by atoms with Gasteiger partial charge < -0.3 is 20.1 Å². The second-order valence-electron chi connectivity index (χ2n) is 10.5. The molecular weight excluding hydrogens is 476 g/mol. The van der Waals surface area contributed by atoms with Crippen molar-refractivity contribution in [3.63, 3.8) is 0 Å². The highest BCUT2D eigenvalue weighted by molar-refractivity contribution is 5.79. The van der Waals surface area contributed by atoms with Gasteiger partial charge in [0.25, 0.3) is 0 Å². The Hall–Kier alpha value is -3.80. The van der Waals surface area contributed by atoms with Gasteiger partial charge in [0.2, 0.25) is 5.91 Å². The minimum absolute atomic E-state index is 0.0453. The second kappa shape index (κ2) is 12.6. The van der Waals surface area contributed by atoms with E-state index in [9.17, 15) is 14.7 Å². The molecule has 3 aromatic carbocycles. The maximum absolute atomic E-state index is 13.3. The average Bonchev–Trinajstić information content (AvgIpc) is 2.93. The predicted octanol–water partition coefficient (Wildman–Crippen LogP) is 5.95. The Kier molecular flexibility index (Phi) is 9.06. The summed E-state index contributed by atoms with van der Waals surface area (Å²) in [6.07, 6.45) is 5.56. The number of benzene rings is 3. The molecule has 38 heavy (non-hydrogen) atoms. The zero-order valence-electron chi connectivity index (χ0n) is 22.4. The van der Waals surface area contributed by atoms with Gasteiger partial charge in [-0.3, -0.25) is 4.79 Å². The van der Waals surface area contributed by atoms with Crippen molar-refractivity contribution >= 4 is 17.6 Å². The fourth-order valence-corrected chi connectivity index (χ4v) is 4.91. The van der Waals surface area contributed by atoms with Crippen molar-refractivity contribution in [2.75, 3.05) is 18.0 Å². The molecule has 1 aliphatic heterocycles. The van der Waals surface area contributed by atoms with Gasteiger partial charge in [0.15, 0.2) is 5.60 Å². The molecule has 0 radical (unpaired) electrons. The zero-order chi connectivity index (χ0) is 27.0. The van der Waals surface area contributed by atoms with Gasteiger partial charge in [-0.25, -0.2) is 4.79 Å². The lowest BCUT2D eigenvalue weighted by Crippen LogP contribution is -2.37. The van der Waals surface area contributed by atoms with Gasteiger partial charge in [0.1, 0.15) is 5.75 Å². The molecular formula is C32H38N2O4. The number of nitrogens with one attached hydrogen (secondary N) is 1. The summed E-state index contributed by atoms with van der Waals surface area (Å²) in [4.78, 5) is 27.1. The van der Waals surface area contributed by atoms with Crippen LogP contribution >= 0.6 is 0 Å². The van der Waals surface area contributed by atoms with Gasteiger partial charge in [0.05, 0.1) is 12.5 Å². The number of amides is 1. The van der Waals surface area contributed by atoms with Crippen molar-refractivity contribution in [3.8, 4) is 5.75 Å². The molecule has 200 valence electrons. The molecule has 1 atom stereocenters. The Morgan fingerprint density at radius 3 is 2.24 bits per heavy atom. The van der Waals surface area contributed by atoms with E-state index in [0.717, 1.165) is 31.5 Å². The van der Waals surface area contributed by atoms with Gasteiger partial charge in [0, 0.05) is 18.8 Å². The number of piperidine rings is 1.